The number of nitrogens with two attached hydrogens (primary N) is 1. The first-order valence-electron chi connectivity index (χ1n) is 13.2. The van der Waals surface area contributed by atoms with Crippen LogP contribution in [0, 0.1) is 22.5 Å². The van der Waals surface area contributed by atoms with Crippen LogP contribution < -0.4 is 11.1 Å². The fourth-order valence-corrected chi connectivity index (χ4v) is 4.33. The number of carbonyl (C=O) groups is 3. The molecule has 40 heavy (non-hydrogen) atoms. The van der Waals surface area contributed by atoms with Gasteiger partial charge in [0.1, 0.15) is 11.6 Å². The van der Waals surface area contributed by atoms with Crippen LogP contribution >= 0.6 is 0 Å². The Morgan fingerprint density at radius 2 is 1.57 bits per heavy atom. The highest BCUT2D eigenvalue weighted by molar-refractivity contribution is 6.04. The molecule has 2 aromatic rings. The molecule has 3 amide bonds. The molecule has 0 fully saturated rings. The van der Waals surface area contributed by atoms with Crippen LogP contribution in [0.3, 0.4) is 0 Å². The van der Waals surface area contributed by atoms with Gasteiger partial charge in [0.05, 0.1) is 12.1 Å². The van der Waals surface area contributed by atoms with Crippen molar-refractivity contribution in [1.29, 1.82) is 10.8 Å². The van der Waals surface area contributed by atoms with E-state index >= 15 is 0 Å². The van der Waals surface area contributed by atoms with Crippen molar-refractivity contribution in [2.75, 3.05) is 13.1 Å². The van der Waals surface area contributed by atoms with Crippen molar-refractivity contribution >= 4 is 29.6 Å². The van der Waals surface area contributed by atoms with E-state index in [0.29, 0.717) is 32.0 Å². The van der Waals surface area contributed by atoms with E-state index < -0.39 is 35.6 Å². The topological polar surface area (TPSA) is 160 Å². The van der Waals surface area contributed by atoms with Crippen LogP contribution in [0.4, 0.5) is 8.78 Å². The minimum Gasteiger partial charge on any atom is -0.391 e. The Kier molecular flexibility index (Phi) is 12.5. The van der Waals surface area contributed by atoms with E-state index in [1.165, 1.54) is 18.2 Å². The lowest BCUT2D eigenvalue weighted by atomic mass is 9.96. The number of halogens is 2. The average Bonchev–Trinajstić information content (AvgIpc) is 2.90. The van der Waals surface area contributed by atoms with Crippen LogP contribution in [0.5, 0.6) is 0 Å². The molecule has 6 N–H and O–H groups in total. The summed E-state index contributed by atoms with van der Waals surface area (Å²) in [5, 5.41) is 28.6. The van der Waals surface area contributed by atoms with E-state index in [1.807, 2.05) is 13.8 Å². The number of hydrogen-bond acceptors (Lipinski definition) is 6. The van der Waals surface area contributed by atoms with Crippen molar-refractivity contribution in [2.45, 2.75) is 64.5 Å². The number of aliphatic hydroxyl groups is 1. The molecule has 0 saturated carbocycles. The highest BCUT2D eigenvalue weighted by Crippen LogP contribution is 2.17. The molecular formula is C29H37F2N5O4. The maximum atomic E-state index is 13.8. The van der Waals surface area contributed by atoms with Crippen LogP contribution in [-0.2, 0) is 6.42 Å². The van der Waals surface area contributed by atoms with Crippen molar-refractivity contribution in [2.24, 2.45) is 5.73 Å². The molecular weight excluding hydrogens is 520 g/mol. The smallest absolute Gasteiger partial charge is 0.253 e. The van der Waals surface area contributed by atoms with Gasteiger partial charge in [-0.25, -0.2) is 8.78 Å². The first-order chi connectivity index (χ1) is 19.0. The molecule has 2 aromatic carbocycles. The summed E-state index contributed by atoms with van der Waals surface area (Å²) in [5.41, 5.74) is 5.88. The standard InChI is InChI=1S/C29H37F2N5O4/c1-3-9-36(10-4-2)29(40)21-15-19(27(34)38)14-20(16-21)28(39)35-25(26(37)6-5-24(33)7-8-32)13-18-11-22(30)17-23(31)12-18/h8,11-12,14-17,25-26,32-33,37H,3-7,9-10,13H2,1-2H3,(H2,34,38)(H,35,39). The minimum absolute atomic E-state index is 0.0451. The predicted octanol–water partition coefficient (Wildman–Crippen LogP) is 3.87. The highest BCUT2D eigenvalue weighted by atomic mass is 19.1. The third-order valence-corrected chi connectivity index (χ3v) is 6.25. The van der Waals surface area contributed by atoms with Gasteiger partial charge >= 0.3 is 0 Å². The molecule has 0 spiro atoms. The predicted molar refractivity (Wildman–Crippen MR) is 149 cm³/mol. The van der Waals surface area contributed by atoms with Gasteiger partial charge in [0.15, 0.2) is 0 Å². The Morgan fingerprint density at radius 1 is 1.00 bits per heavy atom. The molecule has 0 aliphatic heterocycles. The number of aliphatic hydroxyl groups excluding tert-OH is 1. The maximum absolute atomic E-state index is 13.8. The molecule has 2 rings (SSSR count). The number of nitrogens with one attached hydrogen (secondary N) is 3. The minimum atomic E-state index is -1.22. The third kappa shape index (κ3) is 9.64. The summed E-state index contributed by atoms with van der Waals surface area (Å²) in [6.07, 6.45) is 1.44. The van der Waals surface area contributed by atoms with Gasteiger partial charge in [-0.15, -0.1) is 0 Å². The van der Waals surface area contributed by atoms with Gasteiger partial charge in [-0.1, -0.05) is 13.8 Å². The molecule has 216 valence electrons. The van der Waals surface area contributed by atoms with Crippen molar-refractivity contribution in [3.8, 4) is 0 Å². The number of amides is 3. The Hall–Kier alpha value is -3.99. The zero-order chi connectivity index (χ0) is 29.8. The number of benzene rings is 2. The van der Waals surface area contributed by atoms with E-state index in [2.05, 4.69) is 5.32 Å². The van der Waals surface area contributed by atoms with Crippen molar-refractivity contribution in [1.82, 2.24) is 10.2 Å². The van der Waals surface area contributed by atoms with Gasteiger partial charge in [0.25, 0.3) is 11.8 Å². The largest absolute Gasteiger partial charge is 0.391 e. The summed E-state index contributed by atoms with van der Waals surface area (Å²) in [7, 11) is 0. The molecule has 0 radical (unpaired) electrons. The van der Waals surface area contributed by atoms with Crippen LogP contribution in [0.1, 0.15) is 82.6 Å². The van der Waals surface area contributed by atoms with Crippen LogP contribution in [-0.4, -0.2) is 64.9 Å². The quantitative estimate of drug-likeness (QED) is 0.198. The molecule has 9 nitrogen and oxygen atoms in total. The van der Waals surface area contributed by atoms with E-state index in [-0.39, 0.29) is 59.6 Å². The van der Waals surface area contributed by atoms with Gasteiger partial charge in [-0.05, 0) is 68.0 Å². The second kappa shape index (κ2) is 15.6. The second-order valence-electron chi connectivity index (χ2n) is 9.64. The summed E-state index contributed by atoms with van der Waals surface area (Å²) >= 11 is 0. The van der Waals surface area contributed by atoms with Gasteiger partial charge in [0, 0.05) is 54.2 Å². The summed E-state index contributed by atoms with van der Waals surface area (Å²) in [6.45, 7) is 4.83. The van der Waals surface area contributed by atoms with Gasteiger partial charge in [-0.2, -0.15) is 0 Å². The van der Waals surface area contributed by atoms with Crippen LogP contribution in [0.2, 0.25) is 0 Å². The molecule has 0 aliphatic carbocycles. The van der Waals surface area contributed by atoms with E-state index in [0.717, 1.165) is 18.3 Å². The second-order valence-corrected chi connectivity index (χ2v) is 9.64. The Balaban J connectivity index is 2.41. The monoisotopic (exact) mass is 557 g/mol. The fourth-order valence-electron chi connectivity index (χ4n) is 4.33. The van der Waals surface area contributed by atoms with E-state index in [9.17, 15) is 28.3 Å². The highest BCUT2D eigenvalue weighted by Gasteiger charge is 2.25. The zero-order valence-corrected chi connectivity index (χ0v) is 22.8. The Labute approximate surface area is 232 Å². The summed E-state index contributed by atoms with van der Waals surface area (Å²) in [5.74, 6) is -3.56. The number of hydrogen-bond donors (Lipinski definition) is 5. The van der Waals surface area contributed by atoms with E-state index in [1.54, 1.807) is 4.90 Å². The van der Waals surface area contributed by atoms with Gasteiger partial charge < -0.3 is 31.9 Å². The van der Waals surface area contributed by atoms with E-state index in [4.69, 9.17) is 16.6 Å². The number of nitrogens with zero attached hydrogens (tertiary/aromatic N) is 1. The Morgan fingerprint density at radius 3 is 2.12 bits per heavy atom. The SMILES string of the molecule is CCCN(CCC)C(=O)c1cc(C(N)=O)cc(C(=O)NC(Cc2cc(F)cc(F)c2)C(O)CCC(=N)CC=N)c1. The molecule has 11 heteroatoms. The first kappa shape index (κ1) is 32.2. The number of carbonyl (C=O) groups excluding carboxylic acids is 3. The summed E-state index contributed by atoms with van der Waals surface area (Å²) < 4.78 is 27.7. The fraction of sp³-hybridized carbons (Fsp3) is 0.414. The molecule has 2 atom stereocenters. The molecule has 0 aromatic heterocycles. The van der Waals surface area contributed by atoms with Crippen LogP contribution in [0.25, 0.3) is 0 Å². The number of primary amides is 1. The number of rotatable bonds is 16. The normalized spacial score (nSPS) is 12.3. The lowest BCUT2D eigenvalue weighted by Gasteiger charge is -2.25. The molecule has 0 heterocycles. The zero-order valence-electron chi connectivity index (χ0n) is 22.8. The summed E-state index contributed by atoms with van der Waals surface area (Å²) in [6, 6.07) is 5.77. The van der Waals surface area contributed by atoms with Crippen molar-refractivity contribution < 1.29 is 28.3 Å². The van der Waals surface area contributed by atoms with Gasteiger partial charge in [-0.3, -0.25) is 14.4 Å². The summed E-state index contributed by atoms with van der Waals surface area (Å²) in [4.78, 5) is 40.2. The van der Waals surface area contributed by atoms with Gasteiger partial charge in [0.2, 0.25) is 5.91 Å². The lowest BCUT2D eigenvalue weighted by Crippen LogP contribution is -2.45. The average molecular weight is 558 g/mol. The molecule has 0 saturated heterocycles. The van der Waals surface area contributed by atoms with Crippen molar-refractivity contribution in [3.05, 3.63) is 70.3 Å². The Bertz CT molecular complexity index is 1210. The van der Waals surface area contributed by atoms with Crippen LogP contribution in [0.15, 0.2) is 36.4 Å². The maximum Gasteiger partial charge on any atom is 0.253 e. The first-order valence-corrected chi connectivity index (χ1v) is 13.2. The molecule has 2 unspecified atom stereocenters. The third-order valence-electron chi connectivity index (χ3n) is 6.25. The molecule has 0 aliphatic rings. The molecule has 0 bridgehead atoms. The lowest BCUT2D eigenvalue weighted by molar-refractivity contribution is 0.0755. The van der Waals surface area contributed by atoms with Crippen molar-refractivity contribution in [3.63, 3.8) is 0 Å².